The van der Waals surface area contributed by atoms with Crippen molar-refractivity contribution in [2.45, 2.75) is 25.1 Å². The van der Waals surface area contributed by atoms with Gasteiger partial charge in [0, 0.05) is 67.9 Å². The molecule has 232 valence electrons. The summed E-state index contributed by atoms with van der Waals surface area (Å²) in [4.78, 5) is 26.1. The molecule has 11 heteroatoms. The fourth-order valence-electron chi connectivity index (χ4n) is 6.27. The molecule has 0 bridgehead atoms. The van der Waals surface area contributed by atoms with Crippen molar-refractivity contribution in [1.29, 1.82) is 0 Å². The van der Waals surface area contributed by atoms with Gasteiger partial charge in [-0.3, -0.25) is 25.1 Å². The maximum atomic E-state index is 13.5. The summed E-state index contributed by atoms with van der Waals surface area (Å²) in [6.45, 7) is 5.20. The summed E-state index contributed by atoms with van der Waals surface area (Å²) in [5, 5.41) is 2.55. The Bertz CT molecular complexity index is 1680. The monoisotopic (exact) mass is 632 g/mol. The van der Waals surface area contributed by atoms with Gasteiger partial charge in [0.2, 0.25) is 0 Å². The van der Waals surface area contributed by atoms with Crippen LogP contribution in [0.25, 0.3) is 0 Å². The van der Waals surface area contributed by atoms with Crippen molar-refractivity contribution in [2.24, 2.45) is 0 Å². The van der Waals surface area contributed by atoms with E-state index < -0.39 is 17.3 Å². The minimum absolute atomic E-state index is 0.197. The quantitative estimate of drug-likeness (QED) is 0.250. The Morgan fingerprint density at radius 1 is 0.933 bits per heavy atom. The van der Waals surface area contributed by atoms with Crippen LogP contribution in [-0.2, 0) is 11.7 Å². The summed E-state index contributed by atoms with van der Waals surface area (Å²) in [5.74, 6) is -0.382. The summed E-state index contributed by atoms with van der Waals surface area (Å²) in [6.07, 6.45) is 0.648. The van der Waals surface area contributed by atoms with Crippen LogP contribution >= 0.6 is 11.6 Å². The average Bonchev–Trinajstić information content (AvgIpc) is 3.33. The first kappa shape index (κ1) is 30.6. The summed E-state index contributed by atoms with van der Waals surface area (Å²) in [6, 6.07) is 23.2. The number of hydrogen-bond acceptors (Lipinski definition) is 6. The summed E-state index contributed by atoms with van der Waals surface area (Å²) >= 11 is 6.31. The predicted molar refractivity (Wildman–Crippen MR) is 167 cm³/mol. The molecule has 1 fully saturated rings. The zero-order chi connectivity index (χ0) is 31.6. The predicted octanol–water partition coefficient (Wildman–Crippen LogP) is 6.54. The van der Waals surface area contributed by atoms with E-state index in [0.717, 1.165) is 28.5 Å². The Labute approximate surface area is 264 Å². The second-order valence-corrected chi connectivity index (χ2v) is 11.7. The normalized spacial score (nSPS) is 19.2. The third-order valence-electron chi connectivity index (χ3n) is 8.61. The highest BCUT2D eigenvalue weighted by Gasteiger charge is 2.48. The Kier molecular flexibility index (Phi) is 8.52. The van der Waals surface area contributed by atoms with Gasteiger partial charge in [0.1, 0.15) is 11.2 Å². The van der Waals surface area contributed by atoms with Crippen LogP contribution in [0.1, 0.15) is 40.5 Å². The molecule has 3 heterocycles. The molecule has 1 N–H and O–H groups in total. The van der Waals surface area contributed by atoms with Crippen molar-refractivity contribution in [1.82, 2.24) is 25.3 Å². The number of alkyl halides is 3. The van der Waals surface area contributed by atoms with E-state index >= 15 is 0 Å². The number of anilines is 1. The number of benzene rings is 3. The second kappa shape index (κ2) is 12.5. The van der Waals surface area contributed by atoms with Crippen LogP contribution in [0.4, 0.5) is 18.9 Å². The largest absolute Gasteiger partial charge is 0.416 e. The van der Waals surface area contributed by atoms with Crippen molar-refractivity contribution in [3.8, 4) is 0 Å². The molecule has 0 saturated carbocycles. The highest BCUT2D eigenvalue weighted by Crippen LogP contribution is 2.48. The molecule has 0 spiro atoms. The maximum Gasteiger partial charge on any atom is 0.416 e. The van der Waals surface area contributed by atoms with Crippen LogP contribution in [0, 0.1) is 0 Å². The molecule has 0 radical (unpaired) electrons. The van der Waals surface area contributed by atoms with E-state index in [2.05, 4.69) is 32.4 Å². The van der Waals surface area contributed by atoms with Gasteiger partial charge in [0.05, 0.1) is 11.8 Å². The Balaban J connectivity index is 1.30. The van der Waals surface area contributed by atoms with Gasteiger partial charge >= 0.3 is 6.18 Å². The van der Waals surface area contributed by atoms with Crippen LogP contribution in [0.3, 0.4) is 0 Å². The van der Waals surface area contributed by atoms with Crippen LogP contribution in [-0.4, -0.2) is 58.5 Å². The number of amides is 1. The third-order valence-corrected chi connectivity index (χ3v) is 8.86. The first-order valence-electron chi connectivity index (χ1n) is 14.7. The van der Waals surface area contributed by atoms with Crippen molar-refractivity contribution in [3.05, 3.63) is 136 Å². The van der Waals surface area contributed by atoms with Crippen molar-refractivity contribution in [3.63, 3.8) is 0 Å². The number of nitrogens with zero attached hydrogens (tertiary/aromatic N) is 5. The smallest absolute Gasteiger partial charge is 0.369 e. The zero-order valence-corrected chi connectivity index (χ0v) is 25.4. The number of allylic oxidation sites excluding steroid dienone is 1. The minimum atomic E-state index is -4.38. The van der Waals surface area contributed by atoms with E-state index in [0.29, 0.717) is 49.9 Å². The van der Waals surface area contributed by atoms with E-state index in [-0.39, 0.29) is 11.6 Å². The Hall–Kier alpha value is -4.41. The van der Waals surface area contributed by atoms with Crippen molar-refractivity contribution < 1.29 is 18.0 Å². The molecule has 7 nitrogen and oxygen atoms in total. The van der Waals surface area contributed by atoms with Gasteiger partial charge in [0.25, 0.3) is 5.91 Å². The molecular weight excluding hydrogens is 601 g/mol. The van der Waals surface area contributed by atoms with E-state index in [1.165, 1.54) is 30.7 Å². The number of hydrazine groups is 1. The molecule has 6 rings (SSSR count). The fraction of sp³-hybridized carbons (Fsp3) is 0.265. The van der Waals surface area contributed by atoms with Gasteiger partial charge < -0.3 is 4.90 Å². The second-order valence-electron chi connectivity index (χ2n) is 11.3. The minimum Gasteiger partial charge on any atom is -0.369 e. The molecule has 1 atom stereocenters. The van der Waals surface area contributed by atoms with Gasteiger partial charge in [-0.15, -0.1) is 0 Å². The molecule has 1 aromatic heterocycles. The number of piperazine rings is 1. The fourth-order valence-corrected chi connectivity index (χ4v) is 6.39. The molecule has 3 aromatic carbocycles. The first-order valence-corrected chi connectivity index (χ1v) is 15.0. The lowest BCUT2D eigenvalue weighted by Gasteiger charge is -2.42. The number of carbonyl (C=O) groups is 1. The Morgan fingerprint density at radius 3 is 2.31 bits per heavy atom. The summed E-state index contributed by atoms with van der Waals surface area (Å²) < 4.78 is 40.0. The number of rotatable bonds is 7. The standard InChI is InChI=1S/C34H32ClF3N6O/c1-24-25(23-42-16-18-43(19-17-42)30-9-5-8-28(20-30)34(36,37)38)21-33(26-6-3-2-4-7-26,27-10-12-29(35)13-11-27)44(24)41-32(45)31-22-39-14-15-40-31/h2-15,20,22H,16-19,21,23H2,1H3,(H,41,45). The molecule has 2 aliphatic rings. The lowest BCUT2D eigenvalue weighted by atomic mass is 9.79. The van der Waals surface area contributed by atoms with Crippen molar-refractivity contribution in [2.75, 3.05) is 37.6 Å². The Morgan fingerprint density at radius 2 is 1.64 bits per heavy atom. The molecule has 45 heavy (non-hydrogen) atoms. The topological polar surface area (TPSA) is 64.6 Å². The highest BCUT2D eigenvalue weighted by atomic mass is 35.5. The van der Waals surface area contributed by atoms with Crippen LogP contribution in [0.5, 0.6) is 0 Å². The van der Waals surface area contributed by atoms with Crippen LogP contribution < -0.4 is 10.3 Å². The van der Waals surface area contributed by atoms with E-state index in [1.807, 2.05) is 59.3 Å². The third kappa shape index (κ3) is 6.25. The molecule has 0 aliphatic carbocycles. The van der Waals surface area contributed by atoms with Gasteiger partial charge in [0.15, 0.2) is 0 Å². The van der Waals surface area contributed by atoms with Gasteiger partial charge in [-0.1, -0.05) is 60.1 Å². The number of halogens is 4. The lowest BCUT2D eigenvalue weighted by molar-refractivity contribution is -0.137. The maximum absolute atomic E-state index is 13.5. The van der Waals surface area contributed by atoms with E-state index in [1.54, 1.807) is 6.07 Å². The number of carbonyl (C=O) groups excluding carboxylic acids is 1. The van der Waals surface area contributed by atoms with E-state index in [9.17, 15) is 18.0 Å². The SMILES string of the molecule is CC1=C(CN2CCN(c3cccc(C(F)(F)F)c3)CC2)CC(c2ccccc2)(c2ccc(Cl)cc2)N1NC(=O)c1cnccn1. The van der Waals surface area contributed by atoms with Gasteiger partial charge in [-0.2, -0.15) is 13.2 Å². The molecule has 4 aromatic rings. The first-order chi connectivity index (χ1) is 21.6. The molecule has 1 amide bonds. The van der Waals surface area contributed by atoms with Gasteiger partial charge in [-0.05, 0) is 54.0 Å². The summed E-state index contributed by atoms with van der Waals surface area (Å²) in [7, 11) is 0. The van der Waals surface area contributed by atoms with Crippen molar-refractivity contribution >= 4 is 23.2 Å². The zero-order valence-electron chi connectivity index (χ0n) is 24.6. The van der Waals surface area contributed by atoms with Crippen LogP contribution in [0.15, 0.2) is 109 Å². The summed E-state index contributed by atoms with van der Waals surface area (Å²) in [5.41, 5.74) is 6.50. The lowest BCUT2D eigenvalue weighted by Crippen LogP contribution is -2.52. The molecule has 2 aliphatic heterocycles. The highest BCUT2D eigenvalue weighted by molar-refractivity contribution is 6.30. The molecule has 1 unspecified atom stereocenters. The number of nitrogens with one attached hydrogen (secondary N) is 1. The van der Waals surface area contributed by atoms with Gasteiger partial charge in [-0.25, -0.2) is 4.98 Å². The van der Waals surface area contributed by atoms with Crippen LogP contribution in [0.2, 0.25) is 5.02 Å². The molecular formula is C34H32ClF3N6O. The van der Waals surface area contributed by atoms with E-state index in [4.69, 9.17) is 11.6 Å². The average molecular weight is 633 g/mol. The number of aromatic nitrogens is 2. The number of hydrogen-bond donors (Lipinski definition) is 1. The molecule has 1 saturated heterocycles.